The quantitative estimate of drug-likeness (QED) is 0.746. The van der Waals surface area contributed by atoms with Crippen molar-refractivity contribution in [1.82, 2.24) is 5.06 Å². The molecule has 1 unspecified atom stereocenters. The highest BCUT2D eigenvalue weighted by molar-refractivity contribution is 6.30. The molecule has 0 aromatic rings. The topological polar surface area (TPSA) is 21.7 Å². The van der Waals surface area contributed by atoms with E-state index in [0.29, 0.717) is 12.6 Å². The van der Waals surface area contributed by atoms with Crippen LogP contribution in [0.1, 0.15) is 32.1 Å². The first-order valence-electron chi connectivity index (χ1n) is 5.61. The Bertz CT molecular complexity index is 239. The Morgan fingerprint density at radius 2 is 2.20 bits per heavy atom. The van der Waals surface area contributed by atoms with Crippen LogP contribution in [0.3, 0.4) is 0 Å². The predicted molar refractivity (Wildman–Crippen MR) is 59.1 cm³/mol. The van der Waals surface area contributed by atoms with Gasteiger partial charge in [0.1, 0.15) is 13.0 Å². The summed E-state index contributed by atoms with van der Waals surface area (Å²) < 4.78 is 5.10. The van der Waals surface area contributed by atoms with E-state index in [1.54, 1.807) is 13.4 Å². The summed E-state index contributed by atoms with van der Waals surface area (Å²) in [5.41, 5.74) is 0. The van der Waals surface area contributed by atoms with Crippen molar-refractivity contribution in [3.05, 3.63) is 11.3 Å². The van der Waals surface area contributed by atoms with E-state index in [2.05, 4.69) is 0 Å². The number of ether oxygens (including phenoxy) is 1. The number of hydrogen-bond acceptors (Lipinski definition) is 3. The maximum atomic E-state index is 6.18. The third-order valence-corrected chi connectivity index (χ3v) is 3.56. The van der Waals surface area contributed by atoms with E-state index in [1.807, 2.05) is 5.06 Å². The lowest BCUT2D eigenvalue weighted by atomic mass is 9.84. The maximum absolute atomic E-state index is 6.18. The average Bonchev–Trinajstić information content (AvgIpc) is 2.62. The molecule has 0 saturated heterocycles. The van der Waals surface area contributed by atoms with Crippen LogP contribution in [0, 0.1) is 5.92 Å². The number of halogens is 1. The van der Waals surface area contributed by atoms with Gasteiger partial charge in [-0.1, -0.05) is 30.9 Å². The van der Waals surface area contributed by atoms with Gasteiger partial charge in [0.2, 0.25) is 0 Å². The van der Waals surface area contributed by atoms with Crippen molar-refractivity contribution in [2.75, 3.05) is 13.8 Å². The second-order valence-electron chi connectivity index (χ2n) is 4.29. The molecule has 1 saturated carbocycles. The summed E-state index contributed by atoms with van der Waals surface area (Å²) >= 11 is 6.18. The largest absolute Gasteiger partial charge is 0.410 e. The molecule has 1 aliphatic carbocycles. The van der Waals surface area contributed by atoms with Crippen LogP contribution in [0.4, 0.5) is 0 Å². The Hall–Kier alpha value is -0.250. The van der Waals surface area contributed by atoms with Crippen LogP contribution in [0.15, 0.2) is 11.3 Å². The molecule has 2 aliphatic rings. The molecule has 4 heteroatoms. The van der Waals surface area contributed by atoms with Crippen LogP contribution in [-0.4, -0.2) is 24.9 Å². The van der Waals surface area contributed by atoms with Crippen LogP contribution in [0.25, 0.3) is 0 Å². The monoisotopic (exact) mass is 231 g/mol. The molecular formula is C11H18ClNO2. The Kier molecular flexibility index (Phi) is 3.89. The zero-order chi connectivity index (χ0) is 10.7. The summed E-state index contributed by atoms with van der Waals surface area (Å²) in [5, 5.41) is 2.66. The number of hydroxylamine groups is 2. The third-order valence-electron chi connectivity index (χ3n) is 3.25. The summed E-state index contributed by atoms with van der Waals surface area (Å²) in [6.45, 7) is 0.480. The predicted octanol–water partition coefficient (Wildman–Crippen LogP) is 2.87. The number of methoxy groups -OCH3 is 1. The highest BCUT2D eigenvalue weighted by Crippen LogP contribution is 2.36. The standard InChI is InChI=1S/C11H18ClNO2/c1-14-8-13-11(10(12)7-15-13)9-5-3-2-4-6-9/h7,9,11H,2-6,8H2,1H3. The lowest BCUT2D eigenvalue weighted by Gasteiger charge is -2.32. The molecule has 3 nitrogen and oxygen atoms in total. The summed E-state index contributed by atoms with van der Waals surface area (Å²) in [4.78, 5) is 5.39. The van der Waals surface area contributed by atoms with E-state index in [1.165, 1.54) is 32.1 Å². The summed E-state index contributed by atoms with van der Waals surface area (Å²) in [7, 11) is 1.67. The summed E-state index contributed by atoms with van der Waals surface area (Å²) in [6.07, 6.45) is 8.12. The molecule has 86 valence electrons. The van der Waals surface area contributed by atoms with Gasteiger partial charge in [0.15, 0.2) is 0 Å². The summed E-state index contributed by atoms with van der Waals surface area (Å²) in [6, 6.07) is 0.215. The van der Waals surface area contributed by atoms with Gasteiger partial charge in [-0.25, -0.2) is 0 Å². The Morgan fingerprint density at radius 3 is 2.87 bits per heavy atom. The number of hydrogen-bond donors (Lipinski definition) is 0. The van der Waals surface area contributed by atoms with Gasteiger partial charge in [0, 0.05) is 7.11 Å². The van der Waals surface area contributed by atoms with Crippen molar-refractivity contribution in [2.24, 2.45) is 5.92 Å². The zero-order valence-corrected chi connectivity index (χ0v) is 9.87. The first-order chi connectivity index (χ1) is 7.33. The van der Waals surface area contributed by atoms with Gasteiger partial charge in [0.05, 0.1) is 11.1 Å². The van der Waals surface area contributed by atoms with Crippen molar-refractivity contribution in [1.29, 1.82) is 0 Å². The van der Waals surface area contributed by atoms with Gasteiger partial charge in [-0.2, -0.15) is 0 Å². The highest BCUT2D eigenvalue weighted by atomic mass is 35.5. The van der Waals surface area contributed by atoms with E-state index in [4.69, 9.17) is 21.2 Å². The number of nitrogens with zero attached hydrogens (tertiary/aromatic N) is 1. The maximum Gasteiger partial charge on any atom is 0.133 e. The van der Waals surface area contributed by atoms with Crippen molar-refractivity contribution in [2.45, 2.75) is 38.1 Å². The lowest BCUT2D eigenvalue weighted by molar-refractivity contribution is -0.172. The second-order valence-corrected chi connectivity index (χ2v) is 4.72. The van der Waals surface area contributed by atoms with Crippen molar-refractivity contribution in [3.8, 4) is 0 Å². The Balaban J connectivity index is 1.99. The van der Waals surface area contributed by atoms with E-state index in [9.17, 15) is 0 Å². The Labute approximate surface area is 95.9 Å². The normalized spacial score (nSPS) is 28.9. The first kappa shape index (κ1) is 11.2. The van der Waals surface area contributed by atoms with Crippen molar-refractivity contribution in [3.63, 3.8) is 0 Å². The molecule has 1 heterocycles. The van der Waals surface area contributed by atoms with Gasteiger partial charge < -0.3 is 9.57 Å². The van der Waals surface area contributed by atoms with Crippen molar-refractivity contribution >= 4 is 11.6 Å². The van der Waals surface area contributed by atoms with E-state index in [0.717, 1.165) is 5.03 Å². The van der Waals surface area contributed by atoms with E-state index in [-0.39, 0.29) is 6.04 Å². The van der Waals surface area contributed by atoms with Gasteiger partial charge >= 0.3 is 0 Å². The van der Waals surface area contributed by atoms with Gasteiger partial charge in [-0.05, 0) is 18.8 Å². The third kappa shape index (κ3) is 2.47. The molecule has 0 radical (unpaired) electrons. The van der Waals surface area contributed by atoms with Crippen LogP contribution in [-0.2, 0) is 9.57 Å². The SMILES string of the molecule is COCN1OC=C(Cl)C1C1CCCCC1. The first-order valence-corrected chi connectivity index (χ1v) is 5.98. The molecule has 0 spiro atoms. The fourth-order valence-corrected chi connectivity index (χ4v) is 2.87. The van der Waals surface area contributed by atoms with E-state index < -0.39 is 0 Å². The molecule has 0 amide bonds. The minimum Gasteiger partial charge on any atom is -0.410 e. The minimum atomic E-state index is 0.215. The summed E-state index contributed by atoms with van der Waals surface area (Å²) in [5.74, 6) is 0.625. The van der Waals surface area contributed by atoms with Crippen LogP contribution < -0.4 is 0 Å². The molecule has 15 heavy (non-hydrogen) atoms. The van der Waals surface area contributed by atoms with Gasteiger partial charge in [0.25, 0.3) is 0 Å². The fraction of sp³-hybridized carbons (Fsp3) is 0.818. The molecule has 2 rings (SSSR count). The van der Waals surface area contributed by atoms with Gasteiger partial charge in [-0.3, -0.25) is 0 Å². The molecule has 0 bridgehead atoms. The second kappa shape index (κ2) is 5.19. The van der Waals surface area contributed by atoms with E-state index >= 15 is 0 Å². The minimum absolute atomic E-state index is 0.215. The molecule has 1 aliphatic heterocycles. The average molecular weight is 232 g/mol. The Morgan fingerprint density at radius 1 is 1.47 bits per heavy atom. The van der Waals surface area contributed by atoms with Crippen LogP contribution >= 0.6 is 11.6 Å². The molecule has 1 atom stereocenters. The van der Waals surface area contributed by atoms with Gasteiger partial charge in [-0.15, -0.1) is 5.06 Å². The lowest BCUT2D eigenvalue weighted by Crippen LogP contribution is -2.38. The van der Waals surface area contributed by atoms with Crippen LogP contribution in [0.5, 0.6) is 0 Å². The molecule has 1 fully saturated rings. The number of rotatable bonds is 3. The fourth-order valence-electron chi connectivity index (χ4n) is 2.54. The molecule has 0 N–H and O–H groups in total. The van der Waals surface area contributed by atoms with Crippen LogP contribution in [0.2, 0.25) is 0 Å². The molecular weight excluding hydrogens is 214 g/mol. The highest BCUT2D eigenvalue weighted by Gasteiger charge is 2.36. The smallest absolute Gasteiger partial charge is 0.133 e. The molecule has 0 aromatic heterocycles. The molecule has 0 aromatic carbocycles. The van der Waals surface area contributed by atoms with Crippen molar-refractivity contribution < 1.29 is 9.57 Å². The zero-order valence-electron chi connectivity index (χ0n) is 9.12.